The van der Waals surface area contributed by atoms with E-state index in [-0.39, 0.29) is 12.0 Å². The fourth-order valence-corrected chi connectivity index (χ4v) is 5.84. The average molecular weight is 525 g/mol. The molecule has 1 aromatic heterocycles. The normalized spacial score (nSPS) is 14.5. The minimum absolute atomic E-state index is 0.107. The van der Waals surface area contributed by atoms with Gasteiger partial charge in [0.1, 0.15) is 10.6 Å². The van der Waals surface area contributed by atoms with Crippen molar-refractivity contribution < 1.29 is 14.3 Å². The van der Waals surface area contributed by atoms with E-state index in [2.05, 4.69) is 45.8 Å². The van der Waals surface area contributed by atoms with Gasteiger partial charge in [-0.1, -0.05) is 35.9 Å². The maximum Gasteiger partial charge on any atom is 0.410 e. The van der Waals surface area contributed by atoms with E-state index in [0.29, 0.717) is 26.2 Å². The second kappa shape index (κ2) is 11.0. The molecule has 4 rings (SSSR count). The van der Waals surface area contributed by atoms with E-state index >= 15 is 0 Å². The highest BCUT2D eigenvalue weighted by Gasteiger charge is 2.27. The van der Waals surface area contributed by atoms with E-state index < -0.39 is 5.60 Å². The van der Waals surface area contributed by atoms with Gasteiger partial charge in [0, 0.05) is 61.0 Å². The van der Waals surface area contributed by atoms with E-state index in [1.165, 1.54) is 12.5 Å². The highest BCUT2D eigenvalue weighted by molar-refractivity contribution is 7.97. The van der Waals surface area contributed by atoms with Crippen LogP contribution in [0.2, 0.25) is 0 Å². The number of carbonyl (C=O) groups excluding carboxylic acids is 2. The third-order valence-corrected chi connectivity index (χ3v) is 7.73. The second-order valence-electron chi connectivity index (χ2n) is 9.78. The Morgan fingerprint density at radius 2 is 1.75 bits per heavy atom. The van der Waals surface area contributed by atoms with Crippen molar-refractivity contribution in [1.82, 2.24) is 14.2 Å². The fraction of sp³-hybridized carbons (Fsp3) is 0.370. The van der Waals surface area contributed by atoms with Gasteiger partial charge in [-0.15, -0.1) is 11.3 Å². The van der Waals surface area contributed by atoms with Crippen molar-refractivity contribution in [3.8, 4) is 21.0 Å². The third-order valence-electron chi connectivity index (χ3n) is 5.49. The van der Waals surface area contributed by atoms with Crippen LogP contribution in [0.3, 0.4) is 0 Å². The van der Waals surface area contributed by atoms with Crippen LogP contribution in [0.25, 0.3) is 21.0 Å². The van der Waals surface area contributed by atoms with Crippen LogP contribution < -0.4 is 5.32 Å². The van der Waals surface area contributed by atoms with Crippen molar-refractivity contribution in [2.45, 2.75) is 45.1 Å². The maximum atomic E-state index is 12.4. The number of anilines is 1. The molecule has 0 saturated carbocycles. The van der Waals surface area contributed by atoms with Crippen molar-refractivity contribution in [2.75, 3.05) is 31.5 Å². The standard InChI is InChI=1S/C27H32N4O3S2/c1-18-6-8-20(9-7-18)25-28-17-24(35-25)22-11-10-21(29-19(2)32)16-23(22)36-31-14-12-30(13-15-31)26(33)34-27(3,4)5/h6-11,16-17H,12-15H2,1-5H3,(H,29,32). The van der Waals surface area contributed by atoms with Crippen molar-refractivity contribution in [3.63, 3.8) is 0 Å². The van der Waals surface area contributed by atoms with Gasteiger partial charge in [0.2, 0.25) is 5.91 Å². The van der Waals surface area contributed by atoms with Crippen LogP contribution in [0.1, 0.15) is 33.3 Å². The first kappa shape index (κ1) is 26.2. The summed E-state index contributed by atoms with van der Waals surface area (Å²) >= 11 is 3.29. The molecule has 1 aliphatic heterocycles. The van der Waals surface area contributed by atoms with Crippen molar-refractivity contribution >= 4 is 41.0 Å². The summed E-state index contributed by atoms with van der Waals surface area (Å²) in [5.74, 6) is -0.107. The van der Waals surface area contributed by atoms with Crippen LogP contribution in [-0.4, -0.2) is 58.0 Å². The summed E-state index contributed by atoms with van der Waals surface area (Å²) in [5.41, 5.74) is 3.63. The lowest BCUT2D eigenvalue weighted by atomic mass is 10.1. The summed E-state index contributed by atoms with van der Waals surface area (Å²) in [5, 5.41) is 3.86. The van der Waals surface area contributed by atoms with Crippen molar-refractivity contribution in [2.24, 2.45) is 0 Å². The molecule has 190 valence electrons. The Morgan fingerprint density at radius 3 is 2.39 bits per heavy atom. The average Bonchev–Trinajstić information content (AvgIpc) is 3.29. The maximum absolute atomic E-state index is 12.4. The largest absolute Gasteiger partial charge is 0.444 e. The highest BCUT2D eigenvalue weighted by Crippen LogP contribution is 2.40. The minimum atomic E-state index is -0.506. The molecule has 2 aromatic carbocycles. The summed E-state index contributed by atoms with van der Waals surface area (Å²) in [6, 6.07) is 14.3. The number of rotatable bonds is 5. The van der Waals surface area contributed by atoms with Crippen molar-refractivity contribution in [1.29, 1.82) is 0 Å². The Kier molecular flexibility index (Phi) is 8.02. The zero-order valence-electron chi connectivity index (χ0n) is 21.3. The molecular formula is C27H32N4O3S2. The monoisotopic (exact) mass is 524 g/mol. The first-order valence-corrected chi connectivity index (χ1v) is 13.5. The number of carbonyl (C=O) groups is 2. The lowest BCUT2D eigenvalue weighted by Crippen LogP contribution is -2.47. The number of ether oxygens (including phenoxy) is 1. The number of piperazine rings is 1. The lowest BCUT2D eigenvalue weighted by Gasteiger charge is -2.35. The molecule has 1 aliphatic rings. The number of hydrogen-bond donors (Lipinski definition) is 1. The van der Waals surface area contributed by atoms with Crippen LogP contribution in [0.5, 0.6) is 0 Å². The first-order valence-electron chi connectivity index (χ1n) is 11.9. The Bertz CT molecular complexity index is 1230. The molecule has 1 fully saturated rings. The molecule has 0 bridgehead atoms. The first-order chi connectivity index (χ1) is 17.1. The molecule has 2 amide bonds. The third kappa shape index (κ3) is 6.87. The highest BCUT2D eigenvalue weighted by atomic mass is 32.2. The minimum Gasteiger partial charge on any atom is -0.444 e. The van der Waals surface area contributed by atoms with Gasteiger partial charge >= 0.3 is 6.09 Å². The van der Waals surface area contributed by atoms with Crippen LogP contribution in [0.4, 0.5) is 10.5 Å². The molecule has 0 radical (unpaired) electrons. The van der Waals surface area contributed by atoms with Crippen molar-refractivity contribution in [3.05, 3.63) is 54.2 Å². The number of thiazole rings is 1. The number of nitrogens with zero attached hydrogens (tertiary/aromatic N) is 3. The van der Waals surface area contributed by atoms with E-state index in [9.17, 15) is 9.59 Å². The van der Waals surface area contributed by atoms with Gasteiger partial charge in [-0.05, 0) is 51.8 Å². The number of hydrogen-bond acceptors (Lipinski definition) is 7. The summed E-state index contributed by atoms with van der Waals surface area (Å²) in [6.07, 6.45) is 1.64. The quantitative estimate of drug-likeness (QED) is 0.395. The Balaban J connectivity index is 1.53. The number of benzene rings is 2. The Morgan fingerprint density at radius 1 is 1.06 bits per heavy atom. The Hall–Kier alpha value is -2.88. The second-order valence-corrected chi connectivity index (χ2v) is 11.9. The van der Waals surface area contributed by atoms with Crippen LogP contribution in [0, 0.1) is 6.92 Å². The predicted molar refractivity (Wildman–Crippen MR) is 147 cm³/mol. The zero-order chi connectivity index (χ0) is 25.9. The summed E-state index contributed by atoms with van der Waals surface area (Å²) in [7, 11) is 0. The summed E-state index contributed by atoms with van der Waals surface area (Å²) < 4.78 is 7.77. The number of aryl methyl sites for hydroxylation is 1. The van der Waals surface area contributed by atoms with Crippen LogP contribution >= 0.6 is 23.3 Å². The van der Waals surface area contributed by atoms with E-state index in [4.69, 9.17) is 4.74 Å². The molecule has 3 aromatic rings. The van der Waals surface area contributed by atoms with Crippen LogP contribution in [-0.2, 0) is 9.53 Å². The molecule has 0 atom stereocenters. The summed E-state index contributed by atoms with van der Waals surface area (Å²) in [4.78, 5) is 32.6. The van der Waals surface area contributed by atoms with Gasteiger partial charge < -0.3 is 15.0 Å². The number of aromatic nitrogens is 1. The van der Waals surface area contributed by atoms with Gasteiger partial charge in [-0.25, -0.2) is 14.1 Å². The van der Waals surface area contributed by atoms with E-state index in [0.717, 1.165) is 31.6 Å². The molecule has 1 saturated heterocycles. The number of nitrogens with one attached hydrogen (secondary N) is 1. The van der Waals surface area contributed by atoms with E-state index in [1.807, 2.05) is 45.2 Å². The molecule has 7 nitrogen and oxygen atoms in total. The molecule has 0 unspecified atom stereocenters. The predicted octanol–water partition coefficient (Wildman–Crippen LogP) is 6.30. The van der Waals surface area contributed by atoms with Gasteiger partial charge in [0.05, 0.1) is 4.88 Å². The molecule has 36 heavy (non-hydrogen) atoms. The van der Waals surface area contributed by atoms with Crippen LogP contribution in [0.15, 0.2) is 53.6 Å². The molecular weight excluding hydrogens is 492 g/mol. The zero-order valence-corrected chi connectivity index (χ0v) is 23.0. The van der Waals surface area contributed by atoms with Gasteiger partial charge in [-0.3, -0.25) is 4.79 Å². The molecule has 1 N–H and O–H groups in total. The molecule has 9 heteroatoms. The van der Waals surface area contributed by atoms with Gasteiger partial charge in [-0.2, -0.15) is 0 Å². The fourth-order valence-electron chi connectivity index (χ4n) is 3.74. The Labute approximate surface area is 221 Å². The van der Waals surface area contributed by atoms with Gasteiger partial charge in [0.15, 0.2) is 0 Å². The lowest BCUT2D eigenvalue weighted by molar-refractivity contribution is -0.114. The summed E-state index contributed by atoms with van der Waals surface area (Å²) in [6.45, 7) is 11.8. The van der Waals surface area contributed by atoms with Gasteiger partial charge in [0.25, 0.3) is 0 Å². The topological polar surface area (TPSA) is 74.8 Å². The van der Waals surface area contributed by atoms with E-state index in [1.54, 1.807) is 28.2 Å². The molecule has 0 aliphatic carbocycles. The molecule has 0 spiro atoms. The SMILES string of the molecule is CC(=O)Nc1ccc(-c2cnc(-c3ccc(C)cc3)s2)c(SN2CCN(C(=O)OC(C)(C)C)CC2)c1. The molecule has 2 heterocycles. The number of amides is 2. The smallest absolute Gasteiger partial charge is 0.410 e.